The molecular formula is C13H25NO3. The molecule has 2 saturated heterocycles. The predicted octanol–water partition coefficient (Wildman–Crippen LogP) is 0.885. The fourth-order valence-corrected chi connectivity index (χ4v) is 3.06. The average molecular weight is 243 g/mol. The maximum Gasteiger partial charge on any atom is 0.0678 e. The highest BCUT2D eigenvalue weighted by atomic mass is 16.5. The van der Waals surface area contributed by atoms with Crippen LogP contribution in [-0.4, -0.2) is 61.7 Å². The molecule has 0 aromatic heterocycles. The van der Waals surface area contributed by atoms with Gasteiger partial charge in [0.05, 0.1) is 18.8 Å². The van der Waals surface area contributed by atoms with Gasteiger partial charge in [0.25, 0.3) is 0 Å². The van der Waals surface area contributed by atoms with E-state index in [9.17, 15) is 5.11 Å². The number of ether oxygens (including phenoxy) is 2. The van der Waals surface area contributed by atoms with Crippen molar-refractivity contribution in [3.63, 3.8) is 0 Å². The van der Waals surface area contributed by atoms with E-state index in [1.54, 1.807) is 0 Å². The van der Waals surface area contributed by atoms with Crippen LogP contribution in [-0.2, 0) is 9.47 Å². The van der Waals surface area contributed by atoms with Crippen LogP contribution in [0.25, 0.3) is 0 Å². The van der Waals surface area contributed by atoms with Gasteiger partial charge >= 0.3 is 0 Å². The van der Waals surface area contributed by atoms with Gasteiger partial charge < -0.3 is 14.6 Å². The van der Waals surface area contributed by atoms with Gasteiger partial charge in [0.1, 0.15) is 0 Å². The van der Waals surface area contributed by atoms with Gasteiger partial charge in [-0.15, -0.1) is 0 Å². The van der Waals surface area contributed by atoms with E-state index in [2.05, 4.69) is 18.7 Å². The van der Waals surface area contributed by atoms with Crippen LogP contribution < -0.4 is 0 Å². The summed E-state index contributed by atoms with van der Waals surface area (Å²) in [7, 11) is 0. The van der Waals surface area contributed by atoms with E-state index in [0.717, 1.165) is 45.7 Å². The Kier molecular flexibility index (Phi) is 4.42. The highest BCUT2D eigenvalue weighted by Gasteiger charge is 2.35. The molecule has 2 fully saturated rings. The molecule has 0 unspecified atom stereocenters. The van der Waals surface area contributed by atoms with E-state index in [1.807, 2.05) is 0 Å². The first kappa shape index (κ1) is 13.3. The van der Waals surface area contributed by atoms with Crippen LogP contribution in [0.15, 0.2) is 0 Å². The van der Waals surface area contributed by atoms with Crippen LogP contribution in [0.1, 0.15) is 26.7 Å². The second-order valence-electron chi connectivity index (χ2n) is 5.72. The Morgan fingerprint density at radius 3 is 2.29 bits per heavy atom. The Hall–Kier alpha value is -0.160. The summed E-state index contributed by atoms with van der Waals surface area (Å²) in [4.78, 5) is 2.44. The van der Waals surface area contributed by atoms with Crippen molar-refractivity contribution in [3.8, 4) is 0 Å². The van der Waals surface area contributed by atoms with E-state index in [0.29, 0.717) is 12.2 Å². The van der Waals surface area contributed by atoms with Crippen LogP contribution in [0.2, 0.25) is 0 Å². The molecule has 0 aromatic carbocycles. The van der Waals surface area contributed by atoms with Crippen molar-refractivity contribution in [2.24, 2.45) is 5.41 Å². The van der Waals surface area contributed by atoms with E-state index in [4.69, 9.17) is 9.47 Å². The largest absolute Gasteiger partial charge is 0.396 e. The van der Waals surface area contributed by atoms with Crippen LogP contribution in [0.5, 0.6) is 0 Å². The zero-order valence-electron chi connectivity index (χ0n) is 11.0. The van der Waals surface area contributed by atoms with Crippen LogP contribution >= 0.6 is 0 Å². The minimum absolute atomic E-state index is 0.0506. The van der Waals surface area contributed by atoms with Gasteiger partial charge in [-0.3, -0.25) is 4.90 Å². The molecular weight excluding hydrogens is 218 g/mol. The van der Waals surface area contributed by atoms with Crippen molar-refractivity contribution in [1.29, 1.82) is 0 Å². The first-order chi connectivity index (χ1) is 8.13. The molecule has 0 aliphatic carbocycles. The lowest BCUT2D eigenvalue weighted by molar-refractivity contribution is -0.0955. The molecule has 0 saturated carbocycles. The lowest BCUT2D eigenvalue weighted by Crippen LogP contribution is -2.51. The molecule has 0 spiro atoms. The zero-order chi connectivity index (χ0) is 12.3. The monoisotopic (exact) mass is 243 g/mol. The number of morpholine rings is 1. The molecule has 17 heavy (non-hydrogen) atoms. The maximum absolute atomic E-state index is 9.69. The third-order valence-electron chi connectivity index (χ3n) is 3.94. The van der Waals surface area contributed by atoms with E-state index in [-0.39, 0.29) is 12.0 Å². The van der Waals surface area contributed by atoms with Crippen molar-refractivity contribution in [2.45, 2.75) is 38.9 Å². The number of aliphatic hydroxyl groups is 1. The van der Waals surface area contributed by atoms with Crippen molar-refractivity contribution < 1.29 is 14.6 Å². The number of hydrogen-bond acceptors (Lipinski definition) is 4. The number of aliphatic hydroxyl groups excluding tert-OH is 1. The first-order valence-electron chi connectivity index (χ1n) is 6.70. The van der Waals surface area contributed by atoms with E-state index >= 15 is 0 Å². The molecule has 0 amide bonds. The topological polar surface area (TPSA) is 41.9 Å². The maximum atomic E-state index is 9.69. The SMILES string of the molecule is C[C@@H]1CN(CC2(CO)CCOCC2)C[C@H](C)O1. The van der Waals surface area contributed by atoms with E-state index < -0.39 is 0 Å². The van der Waals surface area contributed by atoms with Gasteiger partial charge in [-0.1, -0.05) is 0 Å². The molecule has 0 radical (unpaired) electrons. The minimum atomic E-state index is 0.0506. The second kappa shape index (κ2) is 5.65. The van der Waals surface area contributed by atoms with Gasteiger partial charge in [0.15, 0.2) is 0 Å². The molecule has 100 valence electrons. The lowest BCUT2D eigenvalue weighted by Gasteiger charge is -2.43. The van der Waals surface area contributed by atoms with Gasteiger partial charge in [-0.25, -0.2) is 0 Å². The standard InChI is InChI=1S/C13H25NO3/c1-11-7-14(8-12(2)17-11)9-13(10-15)3-5-16-6-4-13/h11-12,15H,3-10H2,1-2H3/t11-,12+. The number of hydrogen-bond donors (Lipinski definition) is 1. The first-order valence-corrected chi connectivity index (χ1v) is 6.70. The third kappa shape index (κ3) is 3.41. The summed E-state index contributed by atoms with van der Waals surface area (Å²) in [6.45, 7) is 9.03. The fraction of sp³-hybridized carbons (Fsp3) is 1.00. The highest BCUT2D eigenvalue weighted by Crippen LogP contribution is 2.31. The Morgan fingerprint density at radius 2 is 1.76 bits per heavy atom. The summed E-state index contributed by atoms with van der Waals surface area (Å²) in [6.07, 6.45) is 2.55. The molecule has 2 atom stereocenters. The molecule has 1 N–H and O–H groups in total. The summed E-state index contributed by atoms with van der Waals surface area (Å²) < 4.78 is 11.1. The number of rotatable bonds is 3. The molecule has 4 nitrogen and oxygen atoms in total. The second-order valence-corrected chi connectivity index (χ2v) is 5.72. The Bertz CT molecular complexity index is 231. The van der Waals surface area contributed by atoms with Crippen molar-refractivity contribution in [2.75, 3.05) is 39.5 Å². The minimum Gasteiger partial charge on any atom is -0.396 e. The molecule has 0 bridgehead atoms. The van der Waals surface area contributed by atoms with Gasteiger partial charge in [0.2, 0.25) is 0 Å². The molecule has 0 aromatic rings. The van der Waals surface area contributed by atoms with Crippen LogP contribution in [0.3, 0.4) is 0 Å². The van der Waals surface area contributed by atoms with E-state index in [1.165, 1.54) is 0 Å². The molecule has 2 rings (SSSR count). The summed E-state index contributed by atoms with van der Waals surface area (Å²) in [6, 6.07) is 0. The number of nitrogens with zero attached hydrogens (tertiary/aromatic N) is 1. The smallest absolute Gasteiger partial charge is 0.0678 e. The zero-order valence-corrected chi connectivity index (χ0v) is 11.0. The fourth-order valence-electron chi connectivity index (χ4n) is 3.06. The van der Waals surface area contributed by atoms with Gasteiger partial charge in [-0.05, 0) is 26.7 Å². The Morgan fingerprint density at radius 1 is 1.18 bits per heavy atom. The average Bonchev–Trinajstić information content (AvgIpc) is 2.29. The Labute approximate surface area is 104 Å². The van der Waals surface area contributed by atoms with Crippen molar-refractivity contribution >= 4 is 0 Å². The van der Waals surface area contributed by atoms with Crippen molar-refractivity contribution in [3.05, 3.63) is 0 Å². The summed E-state index contributed by atoms with van der Waals surface area (Å²) in [5.74, 6) is 0. The lowest BCUT2D eigenvalue weighted by atomic mass is 9.80. The van der Waals surface area contributed by atoms with Gasteiger partial charge in [-0.2, -0.15) is 0 Å². The molecule has 4 heteroatoms. The normalized spacial score (nSPS) is 34.8. The highest BCUT2D eigenvalue weighted by molar-refractivity contribution is 4.87. The molecule has 2 aliphatic heterocycles. The van der Waals surface area contributed by atoms with Gasteiger partial charge in [0, 0.05) is 38.3 Å². The third-order valence-corrected chi connectivity index (χ3v) is 3.94. The summed E-state index contributed by atoms with van der Waals surface area (Å²) in [5, 5.41) is 9.69. The van der Waals surface area contributed by atoms with Crippen LogP contribution in [0.4, 0.5) is 0 Å². The summed E-state index contributed by atoms with van der Waals surface area (Å²) >= 11 is 0. The molecule has 2 aliphatic rings. The quantitative estimate of drug-likeness (QED) is 0.799. The molecule has 2 heterocycles. The van der Waals surface area contributed by atoms with Crippen LogP contribution in [0, 0.1) is 5.41 Å². The van der Waals surface area contributed by atoms with Crippen molar-refractivity contribution in [1.82, 2.24) is 4.90 Å². The predicted molar refractivity (Wildman–Crippen MR) is 66.0 cm³/mol. The Balaban J connectivity index is 1.93. The summed E-state index contributed by atoms with van der Waals surface area (Å²) in [5.41, 5.74) is 0.0506.